The number of anilines is 1. The highest BCUT2D eigenvalue weighted by molar-refractivity contribution is 5.79. The molecule has 1 saturated heterocycles. The summed E-state index contributed by atoms with van der Waals surface area (Å²) in [4.78, 5) is 7.02. The van der Waals surface area contributed by atoms with Crippen LogP contribution in [0.3, 0.4) is 0 Å². The Kier molecular flexibility index (Phi) is 7.57. The largest absolute Gasteiger partial charge is 0.495 e. The Morgan fingerprint density at radius 3 is 2.63 bits per heavy atom. The molecule has 0 radical (unpaired) electrons. The summed E-state index contributed by atoms with van der Waals surface area (Å²) in [6, 6.07) is 17.9. The molecular formula is C24H34N4O2. The van der Waals surface area contributed by atoms with Crippen molar-refractivity contribution in [3.05, 3.63) is 60.2 Å². The van der Waals surface area contributed by atoms with Crippen LogP contribution < -0.4 is 20.3 Å². The van der Waals surface area contributed by atoms with E-state index in [1.54, 1.807) is 14.0 Å². The number of hydrogen-bond donors (Lipinski definition) is 3. The van der Waals surface area contributed by atoms with E-state index in [0.29, 0.717) is 12.5 Å². The minimum Gasteiger partial charge on any atom is -0.495 e. The third-order valence-corrected chi connectivity index (χ3v) is 5.55. The van der Waals surface area contributed by atoms with E-state index in [2.05, 4.69) is 32.7 Å². The first kappa shape index (κ1) is 22.0. The topological polar surface area (TPSA) is 69.1 Å². The van der Waals surface area contributed by atoms with Gasteiger partial charge in [0.05, 0.1) is 19.3 Å². The van der Waals surface area contributed by atoms with Crippen molar-refractivity contribution in [2.75, 3.05) is 44.7 Å². The van der Waals surface area contributed by atoms with Crippen molar-refractivity contribution < 1.29 is 9.84 Å². The molecule has 2 unspecified atom stereocenters. The van der Waals surface area contributed by atoms with Crippen LogP contribution in [0.25, 0.3) is 0 Å². The number of aliphatic hydroxyl groups is 1. The fourth-order valence-electron chi connectivity index (χ4n) is 3.81. The highest BCUT2D eigenvalue weighted by Gasteiger charge is 2.25. The van der Waals surface area contributed by atoms with Crippen LogP contribution >= 0.6 is 0 Å². The number of para-hydroxylation sites is 2. The normalized spacial score (nSPS) is 18.7. The van der Waals surface area contributed by atoms with Crippen LogP contribution in [-0.4, -0.2) is 50.9 Å². The van der Waals surface area contributed by atoms with E-state index in [9.17, 15) is 5.11 Å². The Labute approximate surface area is 180 Å². The summed E-state index contributed by atoms with van der Waals surface area (Å²) in [5.41, 5.74) is 1.02. The summed E-state index contributed by atoms with van der Waals surface area (Å²) in [6.07, 6.45) is 1.12. The number of benzene rings is 2. The summed E-state index contributed by atoms with van der Waals surface area (Å²) < 4.78 is 5.51. The molecule has 3 rings (SSSR count). The van der Waals surface area contributed by atoms with Gasteiger partial charge in [-0.05, 0) is 43.9 Å². The van der Waals surface area contributed by atoms with Crippen LogP contribution in [0.5, 0.6) is 5.75 Å². The summed E-state index contributed by atoms with van der Waals surface area (Å²) in [7, 11) is 1.72. The molecule has 1 fully saturated rings. The van der Waals surface area contributed by atoms with Crippen LogP contribution in [0.1, 0.15) is 25.8 Å². The minimum absolute atomic E-state index is 0.296. The molecule has 162 valence electrons. The Morgan fingerprint density at radius 2 is 1.90 bits per heavy atom. The number of ether oxygens (including phenoxy) is 1. The number of rotatable bonds is 8. The highest BCUT2D eigenvalue weighted by atomic mass is 16.5. The van der Waals surface area contributed by atoms with Crippen molar-refractivity contribution >= 4 is 11.6 Å². The van der Waals surface area contributed by atoms with Gasteiger partial charge in [0, 0.05) is 26.2 Å². The average molecular weight is 411 g/mol. The third-order valence-electron chi connectivity index (χ3n) is 5.55. The van der Waals surface area contributed by atoms with Gasteiger partial charge in [-0.3, -0.25) is 0 Å². The van der Waals surface area contributed by atoms with Gasteiger partial charge in [0.1, 0.15) is 11.4 Å². The van der Waals surface area contributed by atoms with Crippen molar-refractivity contribution in [2.24, 2.45) is 10.9 Å². The van der Waals surface area contributed by atoms with Crippen LogP contribution in [0.15, 0.2) is 59.6 Å². The predicted molar refractivity (Wildman–Crippen MR) is 123 cm³/mol. The van der Waals surface area contributed by atoms with Crippen LogP contribution in [0, 0.1) is 5.92 Å². The zero-order chi connectivity index (χ0) is 21.4. The van der Waals surface area contributed by atoms with Gasteiger partial charge < -0.3 is 25.4 Å². The number of nitrogens with one attached hydrogen (secondary N) is 2. The van der Waals surface area contributed by atoms with Crippen molar-refractivity contribution in [1.82, 2.24) is 10.6 Å². The fourth-order valence-corrected chi connectivity index (χ4v) is 3.81. The summed E-state index contributed by atoms with van der Waals surface area (Å²) in [5, 5.41) is 17.6. The number of methoxy groups -OCH3 is 1. The quantitative estimate of drug-likeness (QED) is 0.461. The van der Waals surface area contributed by atoms with E-state index in [4.69, 9.17) is 4.74 Å². The fraction of sp³-hybridized carbons (Fsp3) is 0.458. The molecule has 2 aromatic carbocycles. The number of aliphatic imine (C=N–C) groups is 1. The molecule has 30 heavy (non-hydrogen) atoms. The van der Waals surface area contributed by atoms with Crippen LogP contribution in [-0.2, 0) is 5.60 Å². The van der Waals surface area contributed by atoms with Gasteiger partial charge in [0.2, 0.25) is 0 Å². The predicted octanol–water partition coefficient (Wildman–Crippen LogP) is 2.98. The van der Waals surface area contributed by atoms with Crippen molar-refractivity contribution in [2.45, 2.75) is 25.9 Å². The van der Waals surface area contributed by atoms with Gasteiger partial charge >= 0.3 is 0 Å². The second-order valence-electron chi connectivity index (χ2n) is 7.99. The lowest BCUT2D eigenvalue weighted by Crippen LogP contribution is -2.41. The van der Waals surface area contributed by atoms with Crippen LogP contribution in [0.2, 0.25) is 0 Å². The minimum atomic E-state index is -1.00. The molecule has 0 aliphatic carbocycles. The average Bonchev–Trinajstić information content (AvgIpc) is 3.25. The van der Waals surface area contributed by atoms with E-state index in [0.717, 1.165) is 55.6 Å². The van der Waals surface area contributed by atoms with Crippen molar-refractivity contribution in [3.63, 3.8) is 0 Å². The summed E-state index contributed by atoms with van der Waals surface area (Å²) in [5.74, 6) is 2.18. The van der Waals surface area contributed by atoms with Crippen molar-refractivity contribution in [1.29, 1.82) is 0 Å². The third kappa shape index (κ3) is 5.66. The first-order chi connectivity index (χ1) is 14.5. The van der Waals surface area contributed by atoms with Gasteiger partial charge in [0.25, 0.3) is 0 Å². The molecule has 0 aromatic heterocycles. The second kappa shape index (κ2) is 10.3. The van der Waals surface area contributed by atoms with Gasteiger partial charge in [-0.15, -0.1) is 0 Å². The molecule has 2 atom stereocenters. The van der Waals surface area contributed by atoms with E-state index in [1.165, 1.54) is 0 Å². The lowest BCUT2D eigenvalue weighted by molar-refractivity contribution is 0.0672. The Balaban J connectivity index is 1.56. The van der Waals surface area contributed by atoms with E-state index in [1.807, 2.05) is 49.4 Å². The Morgan fingerprint density at radius 1 is 1.17 bits per heavy atom. The van der Waals surface area contributed by atoms with E-state index >= 15 is 0 Å². The first-order valence-corrected chi connectivity index (χ1v) is 10.7. The van der Waals surface area contributed by atoms with Gasteiger partial charge in [-0.2, -0.15) is 0 Å². The number of hydrogen-bond acceptors (Lipinski definition) is 4. The Hall–Kier alpha value is -2.73. The lowest BCUT2D eigenvalue weighted by atomic mass is 9.96. The maximum atomic E-state index is 10.8. The molecule has 6 heteroatoms. The standard InChI is InChI=1S/C24H34N4O2/c1-4-25-23(27-18-24(2,29)20-10-6-5-7-11-20)26-16-19-14-15-28(17-19)21-12-8-9-13-22(21)30-3/h5-13,19,29H,4,14-18H2,1-3H3,(H2,25,26,27). The molecule has 2 aromatic rings. The molecule has 6 nitrogen and oxygen atoms in total. The molecular weight excluding hydrogens is 376 g/mol. The smallest absolute Gasteiger partial charge is 0.191 e. The zero-order valence-electron chi connectivity index (χ0n) is 18.3. The molecule has 1 aliphatic heterocycles. The maximum Gasteiger partial charge on any atom is 0.191 e. The molecule has 0 spiro atoms. The lowest BCUT2D eigenvalue weighted by Gasteiger charge is -2.23. The van der Waals surface area contributed by atoms with E-state index in [-0.39, 0.29) is 0 Å². The monoisotopic (exact) mass is 410 g/mol. The summed E-state index contributed by atoms with van der Waals surface area (Å²) in [6.45, 7) is 7.76. The van der Waals surface area contributed by atoms with Gasteiger partial charge in [0.15, 0.2) is 5.96 Å². The zero-order valence-corrected chi connectivity index (χ0v) is 18.3. The molecule has 0 saturated carbocycles. The SMILES string of the molecule is CCNC(=NCC(C)(O)c1ccccc1)NCC1CCN(c2ccccc2OC)C1. The van der Waals surface area contributed by atoms with E-state index < -0.39 is 5.60 Å². The summed E-state index contributed by atoms with van der Waals surface area (Å²) >= 11 is 0. The first-order valence-electron chi connectivity index (χ1n) is 10.7. The molecule has 1 heterocycles. The number of nitrogens with zero attached hydrogens (tertiary/aromatic N) is 2. The molecule has 1 aliphatic rings. The van der Waals surface area contributed by atoms with Crippen LogP contribution in [0.4, 0.5) is 5.69 Å². The van der Waals surface area contributed by atoms with Crippen molar-refractivity contribution in [3.8, 4) is 5.75 Å². The van der Waals surface area contributed by atoms with Gasteiger partial charge in [-0.25, -0.2) is 4.99 Å². The number of guanidine groups is 1. The molecule has 0 bridgehead atoms. The maximum absolute atomic E-state index is 10.8. The van der Waals surface area contributed by atoms with Gasteiger partial charge in [-0.1, -0.05) is 42.5 Å². The Bertz CT molecular complexity index is 823. The highest BCUT2D eigenvalue weighted by Crippen LogP contribution is 2.31. The second-order valence-corrected chi connectivity index (χ2v) is 7.99. The molecule has 3 N–H and O–H groups in total. The molecule has 0 amide bonds.